The van der Waals surface area contributed by atoms with E-state index in [9.17, 15) is 0 Å². The Morgan fingerprint density at radius 1 is 0.957 bits per heavy atom. The van der Waals surface area contributed by atoms with Crippen molar-refractivity contribution in [3.63, 3.8) is 0 Å². The minimum absolute atomic E-state index is 0.0370. The fourth-order valence-electron chi connectivity index (χ4n) is 2.29. The zero-order chi connectivity index (χ0) is 16.9. The molecule has 0 saturated heterocycles. The lowest BCUT2D eigenvalue weighted by atomic mass is 9.85. The van der Waals surface area contributed by atoms with E-state index in [4.69, 9.17) is 14.7 Å². The van der Waals surface area contributed by atoms with E-state index < -0.39 is 0 Å². The van der Waals surface area contributed by atoms with Gasteiger partial charge in [-0.3, -0.25) is 0 Å². The summed E-state index contributed by atoms with van der Waals surface area (Å²) in [5, 5.41) is 8.77. The van der Waals surface area contributed by atoms with Crippen LogP contribution in [0.4, 0.5) is 0 Å². The van der Waals surface area contributed by atoms with Crippen molar-refractivity contribution in [3.05, 3.63) is 59.2 Å². The van der Waals surface area contributed by atoms with Crippen molar-refractivity contribution >= 4 is 0 Å². The van der Waals surface area contributed by atoms with Crippen LogP contribution in [0.25, 0.3) is 0 Å². The Labute approximate surface area is 138 Å². The summed E-state index contributed by atoms with van der Waals surface area (Å²) in [5.41, 5.74) is 3.10. The van der Waals surface area contributed by atoms with Crippen molar-refractivity contribution in [2.24, 2.45) is 0 Å². The number of hydrogen-bond donors (Lipinski definition) is 0. The largest absolute Gasteiger partial charge is 0.490 e. The van der Waals surface area contributed by atoms with E-state index in [1.54, 1.807) is 24.3 Å². The molecule has 2 aromatic carbocycles. The number of aryl methyl sites for hydroxylation is 1. The summed E-state index contributed by atoms with van der Waals surface area (Å²) in [6.07, 6.45) is 0. The van der Waals surface area contributed by atoms with Gasteiger partial charge >= 0.3 is 0 Å². The van der Waals surface area contributed by atoms with Crippen LogP contribution in [0, 0.1) is 18.3 Å². The molecule has 3 nitrogen and oxygen atoms in total. The maximum absolute atomic E-state index is 8.77. The highest BCUT2D eigenvalue weighted by atomic mass is 16.5. The van der Waals surface area contributed by atoms with Crippen LogP contribution in [0.5, 0.6) is 11.5 Å². The quantitative estimate of drug-likeness (QED) is 0.757. The second-order valence-corrected chi connectivity index (χ2v) is 6.58. The first-order valence-electron chi connectivity index (χ1n) is 7.77. The van der Waals surface area contributed by atoms with E-state index >= 15 is 0 Å². The topological polar surface area (TPSA) is 42.2 Å². The van der Waals surface area contributed by atoms with Crippen LogP contribution < -0.4 is 9.47 Å². The number of nitrogens with zero attached hydrogens (tertiary/aromatic N) is 1. The predicted octanol–water partition coefficient (Wildman–Crippen LogP) is 4.62. The summed E-state index contributed by atoms with van der Waals surface area (Å²) in [6.45, 7) is 9.58. The van der Waals surface area contributed by atoms with Gasteiger partial charge in [0.05, 0.1) is 11.6 Å². The minimum Gasteiger partial charge on any atom is -0.490 e. The average molecular weight is 309 g/mol. The first-order valence-corrected chi connectivity index (χ1v) is 7.77. The SMILES string of the molecule is Cc1ccc(OCCOc2ccc(C#N)cc2)c(C(C)(C)C)c1. The van der Waals surface area contributed by atoms with Gasteiger partial charge in [-0.25, -0.2) is 0 Å². The fourth-order valence-corrected chi connectivity index (χ4v) is 2.29. The third-order valence-corrected chi connectivity index (χ3v) is 3.54. The Balaban J connectivity index is 1.92. The molecular weight excluding hydrogens is 286 g/mol. The summed E-state index contributed by atoms with van der Waals surface area (Å²) in [5.74, 6) is 1.65. The summed E-state index contributed by atoms with van der Waals surface area (Å²) in [4.78, 5) is 0. The molecule has 0 aliphatic rings. The highest BCUT2D eigenvalue weighted by molar-refractivity contribution is 5.41. The Kier molecular flexibility index (Phi) is 5.28. The Hall–Kier alpha value is -2.47. The van der Waals surface area contributed by atoms with Gasteiger partial charge in [-0.2, -0.15) is 5.26 Å². The van der Waals surface area contributed by atoms with Crippen LogP contribution in [0.3, 0.4) is 0 Å². The number of nitriles is 1. The summed E-state index contributed by atoms with van der Waals surface area (Å²) >= 11 is 0. The molecule has 23 heavy (non-hydrogen) atoms. The molecule has 0 saturated carbocycles. The number of benzene rings is 2. The molecule has 3 heteroatoms. The van der Waals surface area contributed by atoms with E-state index in [0.29, 0.717) is 18.8 Å². The second kappa shape index (κ2) is 7.19. The van der Waals surface area contributed by atoms with Gasteiger partial charge in [0.15, 0.2) is 0 Å². The highest BCUT2D eigenvalue weighted by Crippen LogP contribution is 2.32. The van der Waals surface area contributed by atoms with Crippen molar-refractivity contribution in [2.45, 2.75) is 33.1 Å². The second-order valence-electron chi connectivity index (χ2n) is 6.58. The van der Waals surface area contributed by atoms with Gasteiger partial charge in [-0.1, -0.05) is 38.5 Å². The molecule has 0 amide bonds. The lowest BCUT2D eigenvalue weighted by Crippen LogP contribution is -2.16. The number of hydrogen-bond acceptors (Lipinski definition) is 3. The molecular formula is C20H23NO2. The molecule has 2 rings (SSSR count). The van der Waals surface area contributed by atoms with Gasteiger partial charge in [-0.05, 0) is 48.2 Å². The van der Waals surface area contributed by atoms with Gasteiger partial charge in [-0.15, -0.1) is 0 Å². The van der Waals surface area contributed by atoms with Crippen LogP contribution in [-0.4, -0.2) is 13.2 Å². The van der Waals surface area contributed by atoms with Gasteiger partial charge in [0, 0.05) is 0 Å². The maximum Gasteiger partial charge on any atom is 0.123 e. The molecule has 0 bridgehead atoms. The zero-order valence-corrected chi connectivity index (χ0v) is 14.2. The molecule has 0 N–H and O–H groups in total. The zero-order valence-electron chi connectivity index (χ0n) is 14.2. The van der Waals surface area contributed by atoms with E-state index in [1.165, 1.54) is 11.1 Å². The average Bonchev–Trinajstić information content (AvgIpc) is 2.52. The van der Waals surface area contributed by atoms with Crippen molar-refractivity contribution in [2.75, 3.05) is 13.2 Å². The van der Waals surface area contributed by atoms with E-state index in [2.05, 4.69) is 45.9 Å². The summed E-state index contributed by atoms with van der Waals surface area (Å²) in [7, 11) is 0. The normalized spacial score (nSPS) is 10.9. The fraction of sp³-hybridized carbons (Fsp3) is 0.350. The van der Waals surface area contributed by atoms with Gasteiger partial charge in [0.2, 0.25) is 0 Å². The predicted molar refractivity (Wildman–Crippen MR) is 92.0 cm³/mol. The standard InChI is InChI=1S/C20H23NO2/c1-15-5-10-19(18(13-15)20(2,3)4)23-12-11-22-17-8-6-16(14-21)7-9-17/h5-10,13H,11-12H2,1-4H3. The smallest absolute Gasteiger partial charge is 0.123 e. The third kappa shape index (κ3) is 4.75. The summed E-state index contributed by atoms with van der Waals surface area (Å²) < 4.78 is 11.5. The molecule has 0 aromatic heterocycles. The molecule has 120 valence electrons. The Bertz CT molecular complexity index is 691. The van der Waals surface area contributed by atoms with Crippen molar-refractivity contribution in [3.8, 4) is 17.6 Å². The van der Waals surface area contributed by atoms with Crippen LogP contribution in [-0.2, 0) is 5.41 Å². The molecule has 0 unspecified atom stereocenters. The maximum atomic E-state index is 8.77. The van der Waals surface area contributed by atoms with Crippen molar-refractivity contribution < 1.29 is 9.47 Å². The van der Waals surface area contributed by atoms with Crippen LogP contribution in [0.1, 0.15) is 37.5 Å². The van der Waals surface area contributed by atoms with E-state index in [-0.39, 0.29) is 5.41 Å². The minimum atomic E-state index is 0.0370. The van der Waals surface area contributed by atoms with Crippen molar-refractivity contribution in [1.82, 2.24) is 0 Å². The lowest BCUT2D eigenvalue weighted by Gasteiger charge is -2.23. The van der Waals surface area contributed by atoms with E-state index in [1.807, 2.05) is 6.07 Å². The molecule has 0 aliphatic carbocycles. The molecule has 0 atom stereocenters. The number of ether oxygens (including phenoxy) is 2. The summed E-state index contributed by atoms with van der Waals surface area (Å²) in [6, 6.07) is 15.4. The lowest BCUT2D eigenvalue weighted by molar-refractivity contribution is 0.214. The van der Waals surface area contributed by atoms with Gasteiger partial charge in [0.25, 0.3) is 0 Å². The van der Waals surface area contributed by atoms with Crippen LogP contribution >= 0.6 is 0 Å². The molecule has 0 fully saturated rings. The Morgan fingerprint density at radius 3 is 2.22 bits per heavy atom. The monoisotopic (exact) mass is 309 g/mol. The molecule has 0 aliphatic heterocycles. The first kappa shape index (κ1) is 16.9. The molecule has 0 spiro atoms. The molecule has 2 aromatic rings. The molecule has 0 heterocycles. The number of rotatable bonds is 5. The van der Waals surface area contributed by atoms with Gasteiger partial charge in [0.1, 0.15) is 24.7 Å². The Morgan fingerprint density at radius 2 is 1.61 bits per heavy atom. The molecule has 0 radical (unpaired) electrons. The highest BCUT2D eigenvalue weighted by Gasteiger charge is 2.19. The van der Waals surface area contributed by atoms with Crippen LogP contribution in [0.15, 0.2) is 42.5 Å². The third-order valence-electron chi connectivity index (χ3n) is 3.54. The van der Waals surface area contributed by atoms with Crippen molar-refractivity contribution in [1.29, 1.82) is 5.26 Å². The van der Waals surface area contributed by atoms with E-state index in [0.717, 1.165) is 11.5 Å². The van der Waals surface area contributed by atoms with Crippen LogP contribution in [0.2, 0.25) is 0 Å². The first-order chi connectivity index (χ1) is 10.9. The van der Waals surface area contributed by atoms with Gasteiger partial charge < -0.3 is 9.47 Å².